The van der Waals surface area contributed by atoms with Crippen molar-refractivity contribution in [2.45, 2.75) is 4.90 Å². The van der Waals surface area contributed by atoms with Crippen molar-refractivity contribution in [2.75, 3.05) is 5.32 Å². The molecule has 6 heteroatoms. The van der Waals surface area contributed by atoms with Gasteiger partial charge in [0, 0.05) is 17.0 Å². The molecule has 1 N–H and O–H groups in total. The normalized spacial score (nSPS) is 14.5. The van der Waals surface area contributed by atoms with E-state index in [0.717, 1.165) is 10.6 Å². The molecule has 13 heavy (non-hydrogen) atoms. The molecule has 1 heterocycles. The van der Waals surface area contributed by atoms with Gasteiger partial charge in [-0.15, -0.1) is 0 Å². The molecule has 0 amide bonds. The lowest BCUT2D eigenvalue weighted by molar-refractivity contribution is 1.42. The summed E-state index contributed by atoms with van der Waals surface area (Å²) in [6.45, 7) is 0. The minimum Gasteiger partial charge on any atom is -0.332 e. The zero-order valence-electron chi connectivity index (χ0n) is 6.14. The summed E-state index contributed by atoms with van der Waals surface area (Å²) in [5.74, 6) is 0. The molecule has 0 atom stereocenters. The molecular weight excluding hydrogens is 295 g/mol. The van der Waals surface area contributed by atoms with E-state index in [0.29, 0.717) is 14.8 Å². The van der Waals surface area contributed by atoms with Crippen molar-refractivity contribution in [2.24, 2.45) is 4.40 Å². The Morgan fingerprint density at radius 1 is 1.38 bits per heavy atom. The summed E-state index contributed by atoms with van der Waals surface area (Å²) in [6.07, 6.45) is 0. The molecular formula is C7H3BrCl2N2S. The standard InChI is InChI=1S/C7H3BrCl2N2S/c8-7-11-6-4(10)1-3(9)2-5(6)13-12-7/h1-2H,(H,11,12). The van der Waals surface area contributed by atoms with Gasteiger partial charge in [-0.05, 0) is 28.1 Å². The SMILES string of the molecule is Clc1cc(Cl)c2c(c1)SN=C(Br)N2. The fourth-order valence-electron chi connectivity index (χ4n) is 0.959. The highest BCUT2D eigenvalue weighted by molar-refractivity contribution is 9.18. The van der Waals surface area contributed by atoms with Crippen LogP contribution in [0.1, 0.15) is 0 Å². The quantitative estimate of drug-likeness (QED) is 0.574. The summed E-state index contributed by atoms with van der Waals surface area (Å²) in [7, 11) is 0. The molecule has 1 aromatic carbocycles. The predicted molar refractivity (Wildman–Crippen MR) is 62.3 cm³/mol. The lowest BCUT2D eigenvalue weighted by Crippen LogP contribution is -2.07. The summed E-state index contributed by atoms with van der Waals surface area (Å²) >= 11 is 16.4. The summed E-state index contributed by atoms with van der Waals surface area (Å²) in [5, 5.41) is 4.23. The van der Waals surface area contributed by atoms with Gasteiger partial charge in [0.1, 0.15) is 0 Å². The van der Waals surface area contributed by atoms with Gasteiger partial charge in [-0.2, -0.15) is 4.40 Å². The second-order valence-electron chi connectivity index (χ2n) is 2.36. The molecule has 2 nitrogen and oxygen atoms in total. The van der Waals surface area contributed by atoms with E-state index in [1.807, 2.05) is 6.07 Å². The van der Waals surface area contributed by atoms with Crippen molar-refractivity contribution in [3.63, 3.8) is 0 Å². The summed E-state index contributed by atoms with van der Waals surface area (Å²) in [4.78, 5) is 0.931. The Kier molecular flexibility index (Phi) is 2.74. The van der Waals surface area contributed by atoms with Crippen LogP contribution in [0.2, 0.25) is 10.0 Å². The first-order chi connectivity index (χ1) is 6.16. The summed E-state index contributed by atoms with van der Waals surface area (Å²) in [5.41, 5.74) is 0.845. The fourth-order valence-corrected chi connectivity index (χ4v) is 2.69. The Hall–Kier alpha value is 0.1000. The van der Waals surface area contributed by atoms with Crippen molar-refractivity contribution < 1.29 is 0 Å². The van der Waals surface area contributed by atoms with Crippen molar-refractivity contribution in [1.29, 1.82) is 0 Å². The zero-order valence-corrected chi connectivity index (χ0v) is 10.1. The van der Waals surface area contributed by atoms with E-state index < -0.39 is 0 Å². The number of anilines is 1. The smallest absolute Gasteiger partial charge is 0.182 e. The number of nitrogens with one attached hydrogen (secondary N) is 1. The molecule has 1 aliphatic rings. The largest absolute Gasteiger partial charge is 0.332 e. The van der Waals surface area contributed by atoms with E-state index in [9.17, 15) is 0 Å². The number of fused-ring (bicyclic) bond motifs is 1. The van der Waals surface area contributed by atoms with Gasteiger partial charge in [0.25, 0.3) is 0 Å². The van der Waals surface area contributed by atoms with Gasteiger partial charge in [0.2, 0.25) is 0 Å². The first-order valence-electron chi connectivity index (χ1n) is 3.33. The second kappa shape index (κ2) is 3.69. The third-order valence-electron chi connectivity index (χ3n) is 1.47. The van der Waals surface area contributed by atoms with Crippen LogP contribution in [0.3, 0.4) is 0 Å². The van der Waals surface area contributed by atoms with Crippen molar-refractivity contribution >= 4 is 61.5 Å². The first kappa shape index (κ1) is 9.65. The van der Waals surface area contributed by atoms with Crippen LogP contribution in [0, 0.1) is 0 Å². The van der Waals surface area contributed by atoms with E-state index in [2.05, 4.69) is 25.6 Å². The van der Waals surface area contributed by atoms with Gasteiger partial charge in [0.15, 0.2) is 4.74 Å². The third kappa shape index (κ3) is 1.96. The maximum Gasteiger partial charge on any atom is 0.182 e. The lowest BCUT2D eigenvalue weighted by Gasteiger charge is -2.15. The topological polar surface area (TPSA) is 24.4 Å². The maximum absolute atomic E-state index is 5.98. The molecule has 0 saturated heterocycles. The Morgan fingerprint density at radius 2 is 2.15 bits per heavy atom. The van der Waals surface area contributed by atoms with E-state index >= 15 is 0 Å². The van der Waals surface area contributed by atoms with Crippen LogP contribution in [-0.2, 0) is 0 Å². The minimum atomic E-state index is 0.599. The van der Waals surface area contributed by atoms with Crippen LogP contribution < -0.4 is 5.32 Å². The number of hydrogen-bond donors (Lipinski definition) is 1. The average Bonchev–Trinajstić information content (AvgIpc) is 2.06. The molecule has 0 saturated carbocycles. The molecule has 0 fully saturated rings. The molecule has 0 bridgehead atoms. The minimum absolute atomic E-state index is 0.599. The summed E-state index contributed by atoms with van der Waals surface area (Å²) in [6, 6.07) is 3.52. The highest BCUT2D eigenvalue weighted by Crippen LogP contribution is 2.39. The highest BCUT2D eigenvalue weighted by Gasteiger charge is 2.14. The average molecular weight is 298 g/mol. The van der Waals surface area contributed by atoms with Gasteiger partial charge >= 0.3 is 0 Å². The molecule has 1 aromatic rings. The molecule has 0 aliphatic carbocycles. The van der Waals surface area contributed by atoms with E-state index in [1.165, 1.54) is 11.9 Å². The predicted octanol–water partition coefficient (Wildman–Crippen LogP) is 4.18. The number of halogens is 3. The molecule has 68 valence electrons. The number of hydrogen-bond acceptors (Lipinski definition) is 3. The Bertz CT molecular complexity index is 394. The van der Waals surface area contributed by atoms with Crippen molar-refractivity contribution in [3.05, 3.63) is 22.2 Å². The molecule has 1 aliphatic heterocycles. The third-order valence-corrected chi connectivity index (χ3v) is 3.39. The van der Waals surface area contributed by atoms with Gasteiger partial charge in [0.05, 0.1) is 15.6 Å². The maximum atomic E-state index is 5.98. The number of benzene rings is 1. The van der Waals surface area contributed by atoms with Crippen molar-refractivity contribution in [1.82, 2.24) is 0 Å². The Balaban J connectivity index is 2.52. The van der Waals surface area contributed by atoms with Gasteiger partial charge in [-0.25, -0.2) is 0 Å². The van der Waals surface area contributed by atoms with Crippen LogP contribution in [0.5, 0.6) is 0 Å². The zero-order chi connectivity index (χ0) is 9.42. The molecule has 0 spiro atoms. The monoisotopic (exact) mass is 296 g/mol. The molecule has 2 rings (SSSR count). The number of nitrogens with zero attached hydrogens (tertiary/aromatic N) is 1. The van der Waals surface area contributed by atoms with Crippen molar-refractivity contribution in [3.8, 4) is 0 Å². The van der Waals surface area contributed by atoms with E-state index in [-0.39, 0.29) is 0 Å². The van der Waals surface area contributed by atoms with Crippen LogP contribution in [0.4, 0.5) is 5.69 Å². The first-order valence-corrected chi connectivity index (χ1v) is 5.65. The Morgan fingerprint density at radius 3 is 2.92 bits per heavy atom. The van der Waals surface area contributed by atoms with Crippen LogP contribution in [0.25, 0.3) is 0 Å². The second-order valence-corrected chi connectivity index (χ2v) is 4.76. The van der Waals surface area contributed by atoms with Crippen LogP contribution in [-0.4, -0.2) is 4.74 Å². The van der Waals surface area contributed by atoms with Gasteiger partial charge in [-0.3, -0.25) is 0 Å². The number of amidine groups is 1. The molecule has 0 unspecified atom stereocenters. The van der Waals surface area contributed by atoms with Gasteiger partial charge < -0.3 is 5.32 Å². The molecule has 0 radical (unpaired) electrons. The summed E-state index contributed by atoms with van der Waals surface area (Å²) < 4.78 is 4.74. The van der Waals surface area contributed by atoms with E-state index in [1.54, 1.807) is 6.07 Å². The lowest BCUT2D eigenvalue weighted by atomic mass is 10.3. The van der Waals surface area contributed by atoms with Crippen LogP contribution >= 0.6 is 51.1 Å². The van der Waals surface area contributed by atoms with Gasteiger partial charge in [-0.1, -0.05) is 23.2 Å². The molecule has 0 aromatic heterocycles. The Labute approximate surface area is 98.0 Å². The van der Waals surface area contributed by atoms with Crippen LogP contribution in [0.15, 0.2) is 21.4 Å². The highest BCUT2D eigenvalue weighted by atomic mass is 79.9. The number of rotatable bonds is 0. The van der Waals surface area contributed by atoms with E-state index in [4.69, 9.17) is 23.2 Å². The fraction of sp³-hybridized carbons (Fsp3) is 0.